The van der Waals surface area contributed by atoms with Gasteiger partial charge in [0.25, 0.3) is 5.91 Å². The lowest BCUT2D eigenvalue weighted by molar-refractivity contribution is -0.154. The van der Waals surface area contributed by atoms with Gasteiger partial charge in [0, 0.05) is 11.5 Å². The molecule has 3 aliphatic rings. The topological polar surface area (TPSA) is 76.2 Å². The average molecular weight is 420 g/mol. The van der Waals surface area contributed by atoms with Crippen molar-refractivity contribution in [2.45, 2.75) is 32.4 Å². The van der Waals surface area contributed by atoms with Crippen LogP contribution < -0.4 is 9.64 Å². The van der Waals surface area contributed by atoms with Crippen molar-refractivity contribution in [2.75, 3.05) is 18.1 Å². The first-order chi connectivity index (χ1) is 14.9. The molecule has 0 bridgehead atoms. The Hall–Kier alpha value is -3.35. The van der Waals surface area contributed by atoms with E-state index in [0.717, 1.165) is 11.1 Å². The molecule has 2 fully saturated rings. The Balaban J connectivity index is 1.69. The Morgan fingerprint density at radius 3 is 2.71 bits per heavy atom. The summed E-state index contributed by atoms with van der Waals surface area (Å²) < 4.78 is 11.3. The van der Waals surface area contributed by atoms with Gasteiger partial charge in [0.1, 0.15) is 11.3 Å². The van der Waals surface area contributed by atoms with E-state index in [2.05, 4.69) is 0 Å². The molecule has 2 aromatic rings. The second kappa shape index (κ2) is 6.83. The first kappa shape index (κ1) is 19.6. The summed E-state index contributed by atoms with van der Waals surface area (Å²) >= 11 is 0. The number of carbonyl (C=O) groups is 3. The summed E-state index contributed by atoms with van der Waals surface area (Å²) in [6, 6.07) is 13.9. The van der Waals surface area contributed by atoms with Gasteiger partial charge < -0.3 is 14.4 Å². The van der Waals surface area contributed by atoms with Crippen LogP contribution in [-0.2, 0) is 14.3 Å². The van der Waals surface area contributed by atoms with E-state index < -0.39 is 35.4 Å². The maximum Gasteiger partial charge on any atom is 0.332 e. The van der Waals surface area contributed by atoms with E-state index in [1.165, 1.54) is 4.90 Å². The Morgan fingerprint density at radius 2 is 1.97 bits per heavy atom. The Labute approximate surface area is 180 Å². The molecular formula is C24H24N2O5. The number of amides is 3. The third-order valence-electron chi connectivity index (χ3n) is 6.72. The smallest absolute Gasteiger partial charge is 0.332 e. The van der Waals surface area contributed by atoms with Crippen LogP contribution >= 0.6 is 0 Å². The molecule has 3 aliphatic heterocycles. The minimum Gasteiger partial charge on any atom is -0.493 e. The molecule has 2 saturated heterocycles. The van der Waals surface area contributed by atoms with Crippen molar-refractivity contribution < 1.29 is 23.9 Å². The zero-order chi connectivity index (χ0) is 21.9. The van der Waals surface area contributed by atoms with Gasteiger partial charge in [-0.2, -0.15) is 0 Å². The van der Waals surface area contributed by atoms with Crippen molar-refractivity contribution >= 4 is 23.6 Å². The number of urea groups is 1. The second-order valence-electron chi connectivity index (χ2n) is 8.47. The number of hydrogen-bond donors (Lipinski definition) is 0. The zero-order valence-electron chi connectivity index (χ0n) is 17.7. The molecule has 0 radical (unpaired) electrons. The molecule has 0 spiro atoms. The zero-order valence-corrected chi connectivity index (χ0v) is 17.7. The monoisotopic (exact) mass is 420 g/mol. The summed E-state index contributed by atoms with van der Waals surface area (Å²) in [5, 5.41) is 0. The van der Waals surface area contributed by atoms with Gasteiger partial charge in [0.15, 0.2) is 0 Å². The van der Waals surface area contributed by atoms with Crippen molar-refractivity contribution in [3.8, 4) is 5.75 Å². The van der Waals surface area contributed by atoms with E-state index in [0.29, 0.717) is 11.4 Å². The van der Waals surface area contributed by atoms with Crippen LogP contribution in [0.15, 0.2) is 48.5 Å². The molecule has 31 heavy (non-hydrogen) atoms. The van der Waals surface area contributed by atoms with E-state index in [1.54, 1.807) is 30.9 Å². The summed E-state index contributed by atoms with van der Waals surface area (Å²) in [6.07, 6.45) is 0. The number of anilines is 1. The van der Waals surface area contributed by atoms with Crippen molar-refractivity contribution in [3.05, 3.63) is 59.7 Å². The third-order valence-corrected chi connectivity index (χ3v) is 6.72. The van der Waals surface area contributed by atoms with E-state index >= 15 is 0 Å². The van der Waals surface area contributed by atoms with Crippen LogP contribution in [0.2, 0.25) is 0 Å². The number of esters is 1. The minimum atomic E-state index is -1.36. The highest BCUT2D eigenvalue weighted by Crippen LogP contribution is 2.58. The molecule has 160 valence electrons. The van der Waals surface area contributed by atoms with Crippen molar-refractivity contribution in [1.29, 1.82) is 0 Å². The lowest BCUT2D eigenvalue weighted by Gasteiger charge is -2.34. The van der Waals surface area contributed by atoms with Gasteiger partial charge >= 0.3 is 12.0 Å². The fourth-order valence-electron chi connectivity index (χ4n) is 5.43. The Bertz CT molecular complexity index is 1100. The standard InChI is InChI=1S/C24H24N2O5/c1-4-30-21(27)19-17-13-31-18-11-6-5-10-16(18)20(17)26-23(29)25(22(28)24(19,26)3)15-9-7-8-14(2)12-15/h5-12,17,19-20H,4,13H2,1-3H3/t17?,19?,20?,24-/m0/s1. The molecule has 2 aromatic carbocycles. The van der Waals surface area contributed by atoms with Gasteiger partial charge in [-0.05, 0) is 44.5 Å². The molecule has 3 unspecified atom stereocenters. The Kier molecular flexibility index (Phi) is 4.32. The summed E-state index contributed by atoms with van der Waals surface area (Å²) in [5.41, 5.74) is 0.893. The molecule has 0 saturated carbocycles. The first-order valence-electron chi connectivity index (χ1n) is 10.5. The molecule has 3 heterocycles. The van der Waals surface area contributed by atoms with Crippen molar-refractivity contribution in [1.82, 2.24) is 4.90 Å². The number of rotatable bonds is 3. The predicted molar refractivity (Wildman–Crippen MR) is 113 cm³/mol. The van der Waals surface area contributed by atoms with E-state index in [9.17, 15) is 14.4 Å². The van der Waals surface area contributed by atoms with Crippen LogP contribution in [0.5, 0.6) is 5.75 Å². The van der Waals surface area contributed by atoms with Crippen LogP contribution in [0.1, 0.15) is 31.0 Å². The maximum atomic E-state index is 13.8. The molecule has 0 aliphatic carbocycles. The number of benzene rings is 2. The number of imide groups is 1. The average Bonchev–Trinajstić information content (AvgIpc) is 3.13. The molecule has 4 atom stereocenters. The normalized spacial score (nSPS) is 28.7. The summed E-state index contributed by atoms with van der Waals surface area (Å²) in [5.74, 6) is -1.40. The lowest BCUT2D eigenvalue weighted by atomic mass is 9.77. The third kappa shape index (κ3) is 2.55. The highest BCUT2D eigenvalue weighted by molar-refractivity contribution is 6.24. The predicted octanol–water partition coefficient (Wildman–Crippen LogP) is 3.47. The maximum absolute atomic E-state index is 13.8. The number of para-hydroxylation sites is 1. The van der Waals surface area contributed by atoms with Crippen molar-refractivity contribution in [2.24, 2.45) is 11.8 Å². The SMILES string of the molecule is CCOC(=O)C1C2COc3ccccc3C2N2C(=O)N(c3cccc(C)c3)C(=O)[C@]12C. The number of carbonyl (C=O) groups excluding carboxylic acids is 3. The highest BCUT2D eigenvalue weighted by Gasteiger charge is 2.72. The molecule has 0 aromatic heterocycles. The number of aryl methyl sites for hydroxylation is 1. The summed E-state index contributed by atoms with van der Waals surface area (Å²) in [6.45, 7) is 5.76. The lowest BCUT2D eigenvalue weighted by Crippen LogP contribution is -2.51. The van der Waals surface area contributed by atoms with Crippen LogP contribution in [-0.4, -0.2) is 41.6 Å². The van der Waals surface area contributed by atoms with Gasteiger partial charge in [-0.1, -0.05) is 30.3 Å². The van der Waals surface area contributed by atoms with E-state index in [4.69, 9.17) is 9.47 Å². The summed E-state index contributed by atoms with van der Waals surface area (Å²) in [4.78, 5) is 43.5. The number of nitrogens with zero attached hydrogens (tertiary/aromatic N) is 2. The molecular weight excluding hydrogens is 396 g/mol. The van der Waals surface area contributed by atoms with Crippen LogP contribution in [0.4, 0.5) is 10.5 Å². The number of hydrogen-bond acceptors (Lipinski definition) is 5. The van der Waals surface area contributed by atoms with Gasteiger partial charge in [0.05, 0.1) is 30.9 Å². The molecule has 3 amide bonds. The van der Waals surface area contributed by atoms with Gasteiger partial charge in [0.2, 0.25) is 0 Å². The molecule has 5 rings (SSSR count). The quantitative estimate of drug-likeness (QED) is 0.561. The van der Waals surface area contributed by atoms with E-state index in [1.807, 2.05) is 43.3 Å². The molecule has 7 heteroatoms. The van der Waals surface area contributed by atoms with Gasteiger partial charge in [-0.15, -0.1) is 0 Å². The van der Waals surface area contributed by atoms with Crippen LogP contribution in [0, 0.1) is 18.8 Å². The number of ether oxygens (including phenoxy) is 2. The Morgan fingerprint density at radius 1 is 1.19 bits per heavy atom. The molecule has 7 nitrogen and oxygen atoms in total. The van der Waals surface area contributed by atoms with Crippen LogP contribution in [0.3, 0.4) is 0 Å². The second-order valence-corrected chi connectivity index (χ2v) is 8.47. The van der Waals surface area contributed by atoms with Crippen LogP contribution in [0.25, 0.3) is 0 Å². The minimum absolute atomic E-state index is 0.198. The summed E-state index contributed by atoms with van der Waals surface area (Å²) in [7, 11) is 0. The largest absolute Gasteiger partial charge is 0.493 e. The van der Waals surface area contributed by atoms with Crippen molar-refractivity contribution in [3.63, 3.8) is 0 Å². The van der Waals surface area contributed by atoms with Gasteiger partial charge in [-0.3, -0.25) is 9.59 Å². The van der Waals surface area contributed by atoms with Gasteiger partial charge in [-0.25, -0.2) is 9.69 Å². The fourth-order valence-corrected chi connectivity index (χ4v) is 5.43. The fraction of sp³-hybridized carbons (Fsp3) is 0.375. The first-order valence-corrected chi connectivity index (χ1v) is 10.5. The number of fused-ring (bicyclic) bond motifs is 5. The van der Waals surface area contributed by atoms with E-state index in [-0.39, 0.29) is 19.1 Å². The molecule has 0 N–H and O–H groups in total. The highest BCUT2D eigenvalue weighted by atomic mass is 16.5.